The second-order valence-corrected chi connectivity index (χ2v) is 4.08. The van der Waals surface area contributed by atoms with Crippen LogP contribution in [0.1, 0.15) is 6.92 Å². The van der Waals surface area contributed by atoms with E-state index in [9.17, 15) is 0 Å². The molecule has 0 aromatic heterocycles. The van der Waals surface area contributed by atoms with E-state index in [2.05, 4.69) is 12.0 Å². The first kappa shape index (κ1) is 11.3. The highest BCUT2D eigenvalue weighted by Crippen LogP contribution is 2.32. The fraction of sp³-hybridized carbons (Fsp3) is 0.167. The fourth-order valence-electron chi connectivity index (χ4n) is 1.67. The van der Waals surface area contributed by atoms with Crippen LogP contribution in [0.15, 0.2) is 41.3 Å². The van der Waals surface area contributed by atoms with Crippen molar-refractivity contribution in [3.8, 4) is 5.75 Å². The predicted molar refractivity (Wildman–Crippen MR) is 64.9 cm³/mol. The molecule has 0 saturated heterocycles. The number of quaternary nitrogens is 1. The van der Waals surface area contributed by atoms with Crippen LogP contribution in [0, 0.1) is 0 Å². The lowest BCUT2D eigenvalue weighted by atomic mass is 10.1. The van der Waals surface area contributed by atoms with Crippen molar-refractivity contribution >= 4 is 22.8 Å². The Kier molecular flexibility index (Phi) is 3.66. The number of fused-ring (bicyclic) bond motifs is 1. The standard InChI is InChI=1S/C12H14NO2S/c1-2-14-11-7-3-6-10-9(11)5-4-8-12(10)16-15-13/h3-8H,2H2,1,13H3/q+1. The molecule has 3 N–H and O–H groups in total. The molecule has 0 fully saturated rings. The Hall–Kier alpha value is -1.23. The minimum Gasteiger partial charge on any atom is -0.493 e. The van der Waals surface area contributed by atoms with Crippen LogP contribution in [0.2, 0.25) is 0 Å². The van der Waals surface area contributed by atoms with Gasteiger partial charge in [0.25, 0.3) is 0 Å². The van der Waals surface area contributed by atoms with Crippen LogP contribution in [0.5, 0.6) is 5.75 Å². The summed E-state index contributed by atoms with van der Waals surface area (Å²) >= 11 is 1.26. The normalized spacial score (nSPS) is 10.6. The smallest absolute Gasteiger partial charge is 0.127 e. The van der Waals surface area contributed by atoms with Gasteiger partial charge in [-0.05, 0) is 19.1 Å². The van der Waals surface area contributed by atoms with Crippen molar-refractivity contribution in [1.29, 1.82) is 0 Å². The van der Waals surface area contributed by atoms with E-state index in [1.807, 2.05) is 37.3 Å². The second-order valence-electron chi connectivity index (χ2n) is 3.24. The topological polar surface area (TPSA) is 46.1 Å². The Bertz CT molecular complexity index is 442. The summed E-state index contributed by atoms with van der Waals surface area (Å²) in [6.07, 6.45) is 0. The predicted octanol–water partition coefficient (Wildman–Crippen LogP) is 2.42. The maximum Gasteiger partial charge on any atom is 0.127 e. The van der Waals surface area contributed by atoms with Gasteiger partial charge in [-0.1, -0.05) is 24.3 Å². The van der Waals surface area contributed by atoms with Gasteiger partial charge in [-0.15, -0.1) is 4.28 Å². The summed E-state index contributed by atoms with van der Waals surface area (Å²) in [5.41, 5.74) is 0. The molecule has 0 aliphatic carbocycles. The molecule has 0 bridgehead atoms. The SMILES string of the molecule is CCOc1cccc2c(SO[NH3+])cccc12. The first-order valence-electron chi connectivity index (χ1n) is 5.10. The molecule has 0 amide bonds. The third kappa shape index (κ3) is 2.14. The number of rotatable bonds is 4. The van der Waals surface area contributed by atoms with E-state index in [-0.39, 0.29) is 0 Å². The fourth-order valence-corrected chi connectivity index (χ4v) is 2.20. The van der Waals surface area contributed by atoms with Crippen molar-refractivity contribution < 1.29 is 14.9 Å². The van der Waals surface area contributed by atoms with Crippen molar-refractivity contribution in [2.45, 2.75) is 11.8 Å². The van der Waals surface area contributed by atoms with E-state index in [0.717, 1.165) is 21.4 Å². The molecular formula is C12H14NO2S+. The van der Waals surface area contributed by atoms with Crippen LogP contribution in [-0.4, -0.2) is 6.61 Å². The van der Waals surface area contributed by atoms with Gasteiger partial charge in [0.1, 0.15) is 5.75 Å². The number of benzene rings is 2. The first-order chi connectivity index (χ1) is 7.86. The van der Waals surface area contributed by atoms with Gasteiger partial charge in [-0.3, -0.25) is 0 Å². The zero-order valence-corrected chi connectivity index (χ0v) is 9.92. The van der Waals surface area contributed by atoms with Crippen LogP contribution in [0.4, 0.5) is 0 Å². The Morgan fingerprint density at radius 2 is 1.88 bits per heavy atom. The molecule has 2 aromatic rings. The van der Waals surface area contributed by atoms with E-state index >= 15 is 0 Å². The number of hydrogen-bond donors (Lipinski definition) is 1. The Morgan fingerprint density at radius 1 is 1.12 bits per heavy atom. The lowest BCUT2D eigenvalue weighted by Crippen LogP contribution is -2.45. The average Bonchev–Trinajstić information content (AvgIpc) is 2.31. The lowest BCUT2D eigenvalue weighted by molar-refractivity contribution is -0.630. The molecule has 4 heteroatoms. The Morgan fingerprint density at radius 3 is 2.62 bits per heavy atom. The second kappa shape index (κ2) is 5.21. The maximum atomic E-state index is 5.59. The summed E-state index contributed by atoms with van der Waals surface area (Å²) in [6, 6.07) is 12.1. The van der Waals surface area contributed by atoms with Gasteiger partial charge in [0.15, 0.2) is 0 Å². The molecule has 0 aliphatic rings. The van der Waals surface area contributed by atoms with Gasteiger partial charge >= 0.3 is 0 Å². The zero-order valence-electron chi connectivity index (χ0n) is 9.10. The molecule has 3 nitrogen and oxygen atoms in total. The first-order valence-corrected chi connectivity index (χ1v) is 5.84. The Balaban J connectivity index is 2.57. The van der Waals surface area contributed by atoms with Crippen molar-refractivity contribution in [3.63, 3.8) is 0 Å². The molecule has 0 atom stereocenters. The van der Waals surface area contributed by atoms with Crippen molar-refractivity contribution in [1.82, 2.24) is 0 Å². The molecule has 16 heavy (non-hydrogen) atoms. The summed E-state index contributed by atoms with van der Waals surface area (Å²) in [7, 11) is 0. The molecular weight excluding hydrogens is 222 g/mol. The molecule has 0 aliphatic heterocycles. The monoisotopic (exact) mass is 236 g/mol. The molecule has 2 aromatic carbocycles. The van der Waals surface area contributed by atoms with E-state index < -0.39 is 0 Å². The maximum absolute atomic E-state index is 5.59. The molecule has 2 rings (SSSR count). The summed E-state index contributed by atoms with van der Waals surface area (Å²) in [4.78, 5) is 1.05. The van der Waals surface area contributed by atoms with Crippen LogP contribution in [-0.2, 0) is 4.28 Å². The highest BCUT2D eigenvalue weighted by molar-refractivity contribution is 7.94. The van der Waals surface area contributed by atoms with Crippen LogP contribution in [0.3, 0.4) is 0 Å². The van der Waals surface area contributed by atoms with E-state index in [1.54, 1.807) is 0 Å². The summed E-state index contributed by atoms with van der Waals surface area (Å²) in [5, 5.41) is 2.23. The zero-order chi connectivity index (χ0) is 11.4. The highest BCUT2D eigenvalue weighted by Gasteiger charge is 2.06. The molecule has 84 valence electrons. The summed E-state index contributed by atoms with van der Waals surface area (Å²) in [5.74, 6) is 4.29. The van der Waals surface area contributed by atoms with Gasteiger partial charge in [0.2, 0.25) is 0 Å². The van der Waals surface area contributed by atoms with Gasteiger partial charge in [0, 0.05) is 15.7 Å². The quantitative estimate of drug-likeness (QED) is 0.655. The molecule has 0 unspecified atom stereocenters. The van der Waals surface area contributed by atoms with Gasteiger partial charge < -0.3 is 4.74 Å². The highest BCUT2D eigenvalue weighted by atomic mass is 32.2. The third-order valence-corrected chi connectivity index (χ3v) is 2.94. The minimum atomic E-state index is 0.669. The number of ether oxygens (including phenoxy) is 1. The summed E-state index contributed by atoms with van der Waals surface area (Å²) in [6.45, 7) is 2.65. The molecule has 0 radical (unpaired) electrons. The molecule has 0 spiro atoms. The summed E-state index contributed by atoms with van der Waals surface area (Å²) < 4.78 is 10.4. The van der Waals surface area contributed by atoms with Crippen molar-refractivity contribution in [3.05, 3.63) is 36.4 Å². The van der Waals surface area contributed by atoms with Gasteiger partial charge in [-0.25, -0.2) is 0 Å². The number of hydrogen-bond acceptors (Lipinski definition) is 3. The minimum absolute atomic E-state index is 0.669. The van der Waals surface area contributed by atoms with Crippen molar-refractivity contribution in [2.75, 3.05) is 6.61 Å². The van der Waals surface area contributed by atoms with E-state index in [4.69, 9.17) is 9.02 Å². The average molecular weight is 236 g/mol. The van der Waals surface area contributed by atoms with Crippen LogP contribution in [0.25, 0.3) is 10.8 Å². The van der Waals surface area contributed by atoms with Crippen LogP contribution < -0.4 is 10.6 Å². The van der Waals surface area contributed by atoms with Gasteiger partial charge in [0.05, 0.1) is 18.6 Å². The van der Waals surface area contributed by atoms with Crippen molar-refractivity contribution in [2.24, 2.45) is 0 Å². The van der Waals surface area contributed by atoms with E-state index in [1.165, 1.54) is 12.0 Å². The molecule has 0 heterocycles. The van der Waals surface area contributed by atoms with E-state index in [0.29, 0.717) is 6.61 Å². The molecule has 0 saturated carbocycles. The largest absolute Gasteiger partial charge is 0.493 e. The van der Waals surface area contributed by atoms with Crippen LogP contribution >= 0.6 is 12.0 Å². The van der Waals surface area contributed by atoms with Gasteiger partial charge in [-0.2, -0.15) is 5.90 Å². The third-order valence-electron chi connectivity index (χ3n) is 2.29. The lowest BCUT2D eigenvalue weighted by Gasteiger charge is -2.08. The Labute approximate surface area is 98.7 Å².